The minimum absolute atomic E-state index is 0.00313. The molecular weight excluding hydrogens is 498 g/mol. The number of ether oxygens (including phenoxy) is 7. The Bertz CT molecular complexity index is 725. The molecule has 0 radical (unpaired) electrons. The van der Waals surface area contributed by atoms with Gasteiger partial charge in [-0.15, -0.1) is 0 Å². The molecule has 0 aliphatic heterocycles. The lowest BCUT2D eigenvalue weighted by Gasteiger charge is -2.24. The van der Waals surface area contributed by atoms with Gasteiger partial charge in [0.05, 0.1) is 52.1 Å². The standard InChI is InChI=1S/C22H31F4NO9/c23-21(24,15-33-13-19(29)14-35-20-5-2-1-3-6-20)36-22(25,26)16-34-17-32-10-9-31-12-18(28)11-30-8-4-7-27/h1-3,5-6,18-19,28-29H,4,8-17H2. The predicted molar refractivity (Wildman–Crippen MR) is 114 cm³/mol. The molecule has 10 nitrogen and oxygen atoms in total. The summed E-state index contributed by atoms with van der Waals surface area (Å²) in [5.74, 6) is 0.453. The van der Waals surface area contributed by atoms with E-state index < -0.39 is 51.0 Å². The highest BCUT2D eigenvalue weighted by Gasteiger charge is 2.44. The van der Waals surface area contributed by atoms with Crippen LogP contribution in [0.3, 0.4) is 0 Å². The van der Waals surface area contributed by atoms with Crippen molar-refractivity contribution in [3.8, 4) is 11.8 Å². The van der Waals surface area contributed by atoms with Gasteiger partial charge in [0, 0.05) is 0 Å². The van der Waals surface area contributed by atoms with Gasteiger partial charge in [0.15, 0.2) is 0 Å². The Hall–Kier alpha value is -2.09. The van der Waals surface area contributed by atoms with Crippen molar-refractivity contribution in [1.82, 2.24) is 0 Å². The van der Waals surface area contributed by atoms with Crippen LogP contribution in [0.4, 0.5) is 17.6 Å². The van der Waals surface area contributed by atoms with Gasteiger partial charge in [-0.05, 0) is 12.1 Å². The first kappa shape index (κ1) is 31.9. The Morgan fingerprint density at radius 1 is 0.750 bits per heavy atom. The summed E-state index contributed by atoms with van der Waals surface area (Å²) in [5.41, 5.74) is 0. The molecule has 0 aliphatic rings. The van der Waals surface area contributed by atoms with Crippen LogP contribution in [-0.2, 0) is 28.4 Å². The molecule has 2 atom stereocenters. The van der Waals surface area contributed by atoms with Gasteiger partial charge in [-0.1, -0.05) is 18.2 Å². The van der Waals surface area contributed by atoms with E-state index >= 15 is 0 Å². The van der Waals surface area contributed by atoms with Crippen molar-refractivity contribution in [3.05, 3.63) is 30.3 Å². The molecule has 0 amide bonds. The summed E-state index contributed by atoms with van der Waals surface area (Å²) in [7, 11) is 0. The monoisotopic (exact) mass is 529 g/mol. The van der Waals surface area contributed by atoms with Gasteiger partial charge in [-0.2, -0.15) is 22.8 Å². The van der Waals surface area contributed by atoms with E-state index in [0.29, 0.717) is 5.75 Å². The molecule has 0 aromatic heterocycles. The van der Waals surface area contributed by atoms with Crippen molar-refractivity contribution < 1.29 is 60.9 Å². The zero-order valence-electron chi connectivity index (χ0n) is 19.5. The van der Waals surface area contributed by atoms with E-state index in [-0.39, 0.29) is 46.1 Å². The number of nitriles is 1. The first-order valence-corrected chi connectivity index (χ1v) is 10.9. The Kier molecular flexibility index (Phi) is 16.1. The third-order valence-electron chi connectivity index (χ3n) is 3.85. The molecule has 1 aromatic carbocycles. The second-order valence-electron chi connectivity index (χ2n) is 7.26. The highest BCUT2D eigenvalue weighted by Crippen LogP contribution is 2.27. The lowest BCUT2D eigenvalue weighted by atomic mass is 10.3. The molecule has 0 aliphatic carbocycles. The maximum Gasteiger partial charge on any atom is 0.383 e. The smallest absolute Gasteiger partial charge is 0.383 e. The van der Waals surface area contributed by atoms with Crippen LogP contribution in [0, 0.1) is 11.3 Å². The number of rotatable bonds is 22. The lowest BCUT2D eigenvalue weighted by Crippen LogP contribution is -2.40. The Balaban J connectivity index is 2.08. The molecule has 14 heteroatoms. The number of alkyl halides is 4. The summed E-state index contributed by atoms with van der Waals surface area (Å²) >= 11 is 0. The molecule has 1 rings (SSSR count). The second-order valence-corrected chi connectivity index (χ2v) is 7.26. The van der Waals surface area contributed by atoms with E-state index in [1.807, 2.05) is 6.07 Å². The van der Waals surface area contributed by atoms with Gasteiger partial charge in [-0.25, -0.2) is 0 Å². The number of para-hydroxylation sites is 1. The number of aliphatic hydroxyl groups is 2. The van der Waals surface area contributed by atoms with Gasteiger partial charge in [0.25, 0.3) is 0 Å². The molecule has 1 aromatic rings. The fourth-order valence-corrected chi connectivity index (χ4v) is 2.35. The number of hydrogen-bond donors (Lipinski definition) is 2. The minimum atomic E-state index is -4.35. The molecular formula is C22H31F4NO9. The molecule has 0 bridgehead atoms. The summed E-state index contributed by atoms with van der Waals surface area (Å²) in [6.45, 7) is -4.47. The maximum absolute atomic E-state index is 13.6. The van der Waals surface area contributed by atoms with Gasteiger partial charge in [-0.3, -0.25) is 4.74 Å². The molecule has 0 spiro atoms. The average Bonchev–Trinajstić information content (AvgIpc) is 2.82. The number of halogens is 4. The van der Waals surface area contributed by atoms with Crippen molar-refractivity contribution in [1.29, 1.82) is 5.26 Å². The van der Waals surface area contributed by atoms with E-state index in [1.165, 1.54) is 0 Å². The van der Waals surface area contributed by atoms with Crippen molar-refractivity contribution in [2.45, 2.75) is 30.8 Å². The first-order valence-electron chi connectivity index (χ1n) is 10.9. The minimum Gasteiger partial charge on any atom is -0.491 e. The molecule has 0 saturated carbocycles. The summed E-state index contributed by atoms with van der Waals surface area (Å²) < 4.78 is 87.1. The number of benzene rings is 1. The van der Waals surface area contributed by atoms with Gasteiger partial charge >= 0.3 is 12.2 Å². The van der Waals surface area contributed by atoms with E-state index in [4.69, 9.17) is 24.2 Å². The summed E-state index contributed by atoms with van der Waals surface area (Å²) in [4.78, 5) is 0. The van der Waals surface area contributed by atoms with Gasteiger partial charge < -0.3 is 38.6 Å². The highest BCUT2D eigenvalue weighted by molar-refractivity contribution is 5.20. The number of aliphatic hydroxyl groups excluding tert-OH is 2. The van der Waals surface area contributed by atoms with Crippen molar-refractivity contribution in [3.63, 3.8) is 0 Å². The molecule has 206 valence electrons. The SMILES string of the molecule is N#CCCOCC(O)COCCOCOCC(F)(F)OC(F)(F)COCC(O)COc1ccccc1. The lowest BCUT2D eigenvalue weighted by molar-refractivity contribution is -0.396. The van der Waals surface area contributed by atoms with Crippen molar-refractivity contribution in [2.24, 2.45) is 0 Å². The van der Waals surface area contributed by atoms with Crippen LogP contribution in [0.5, 0.6) is 5.75 Å². The van der Waals surface area contributed by atoms with Crippen LogP contribution in [0.15, 0.2) is 30.3 Å². The molecule has 0 heterocycles. The zero-order chi connectivity index (χ0) is 26.7. The predicted octanol–water partition coefficient (Wildman–Crippen LogP) is 1.94. The Labute approximate surface area is 206 Å². The number of hydrogen-bond acceptors (Lipinski definition) is 10. The van der Waals surface area contributed by atoms with Crippen LogP contribution in [0.25, 0.3) is 0 Å². The Morgan fingerprint density at radius 2 is 1.31 bits per heavy atom. The van der Waals surface area contributed by atoms with Crippen LogP contribution < -0.4 is 4.74 Å². The number of nitrogens with zero attached hydrogens (tertiary/aromatic N) is 1. The van der Waals surface area contributed by atoms with E-state index in [1.54, 1.807) is 30.3 Å². The van der Waals surface area contributed by atoms with Gasteiger partial charge in [0.1, 0.15) is 44.6 Å². The van der Waals surface area contributed by atoms with Crippen molar-refractivity contribution in [2.75, 3.05) is 66.3 Å². The summed E-state index contributed by atoms with van der Waals surface area (Å²) in [6.07, 6.45) is -10.7. The van der Waals surface area contributed by atoms with Crippen LogP contribution >= 0.6 is 0 Å². The van der Waals surface area contributed by atoms with E-state index in [0.717, 1.165) is 0 Å². The normalized spacial score (nSPS) is 13.8. The molecule has 0 saturated heterocycles. The van der Waals surface area contributed by atoms with E-state index in [9.17, 15) is 27.8 Å². The second kappa shape index (κ2) is 18.2. The third-order valence-corrected chi connectivity index (χ3v) is 3.85. The zero-order valence-corrected chi connectivity index (χ0v) is 19.5. The maximum atomic E-state index is 13.6. The largest absolute Gasteiger partial charge is 0.491 e. The molecule has 2 unspecified atom stereocenters. The van der Waals surface area contributed by atoms with Crippen LogP contribution in [0.1, 0.15) is 6.42 Å². The molecule has 0 fully saturated rings. The van der Waals surface area contributed by atoms with Crippen LogP contribution in [-0.4, -0.2) is 101 Å². The first-order chi connectivity index (χ1) is 17.1. The van der Waals surface area contributed by atoms with Crippen LogP contribution in [0.2, 0.25) is 0 Å². The Morgan fingerprint density at radius 3 is 1.97 bits per heavy atom. The van der Waals surface area contributed by atoms with Crippen molar-refractivity contribution >= 4 is 0 Å². The summed E-state index contributed by atoms with van der Waals surface area (Å²) in [5, 5.41) is 27.6. The van der Waals surface area contributed by atoms with E-state index in [2.05, 4.69) is 14.2 Å². The quantitative estimate of drug-likeness (QED) is 0.131. The highest BCUT2D eigenvalue weighted by atomic mass is 19.3. The average molecular weight is 529 g/mol. The summed E-state index contributed by atoms with van der Waals surface area (Å²) in [6, 6.07) is 10.3. The molecule has 36 heavy (non-hydrogen) atoms. The topological polar surface area (TPSA) is 129 Å². The van der Waals surface area contributed by atoms with Gasteiger partial charge in [0.2, 0.25) is 0 Å². The third kappa shape index (κ3) is 17.4. The fraction of sp³-hybridized carbons (Fsp3) is 0.682. The molecule has 2 N–H and O–H groups in total. The fourth-order valence-electron chi connectivity index (χ4n) is 2.35.